The number of nitriles is 1. The van der Waals surface area contributed by atoms with E-state index in [-0.39, 0.29) is 17.4 Å². The van der Waals surface area contributed by atoms with Gasteiger partial charge < -0.3 is 5.73 Å². The van der Waals surface area contributed by atoms with Gasteiger partial charge in [-0.3, -0.25) is 0 Å². The highest BCUT2D eigenvalue weighted by molar-refractivity contribution is 5.24. The van der Waals surface area contributed by atoms with Crippen LogP contribution in [-0.2, 0) is 0 Å². The van der Waals surface area contributed by atoms with Crippen LogP contribution in [0.15, 0.2) is 24.3 Å². The lowest BCUT2D eigenvalue weighted by molar-refractivity contribution is 0.361. The molecule has 0 aliphatic heterocycles. The molecule has 0 aromatic heterocycles. The van der Waals surface area contributed by atoms with Gasteiger partial charge in [-0.25, -0.2) is 0 Å². The topological polar surface area (TPSA) is 49.8 Å². The number of nitrogens with zero attached hydrogens (tertiary/aromatic N) is 1. The first-order valence-electron chi connectivity index (χ1n) is 4.12. The van der Waals surface area contributed by atoms with Crippen LogP contribution in [0.4, 0.5) is 0 Å². The zero-order valence-corrected chi connectivity index (χ0v) is 7.49. The molecule has 1 aliphatic rings. The Balaban J connectivity index is 2.85. The van der Waals surface area contributed by atoms with Crippen LogP contribution in [0.25, 0.3) is 0 Å². The molecule has 64 valence electrons. The Kier molecular flexibility index (Phi) is 2.35. The van der Waals surface area contributed by atoms with E-state index < -0.39 is 0 Å². The van der Waals surface area contributed by atoms with E-state index >= 15 is 0 Å². The molecular weight excluding hydrogens is 148 g/mol. The van der Waals surface area contributed by atoms with Crippen molar-refractivity contribution in [3.63, 3.8) is 0 Å². The van der Waals surface area contributed by atoms with Crippen molar-refractivity contribution < 1.29 is 0 Å². The zero-order valence-electron chi connectivity index (χ0n) is 7.49. The summed E-state index contributed by atoms with van der Waals surface area (Å²) in [5.41, 5.74) is 5.64. The predicted octanol–water partition coefficient (Wildman–Crippen LogP) is 1.61. The quantitative estimate of drug-likeness (QED) is 0.636. The van der Waals surface area contributed by atoms with Gasteiger partial charge in [0.15, 0.2) is 0 Å². The highest BCUT2D eigenvalue weighted by atomic mass is 14.7. The van der Waals surface area contributed by atoms with Crippen LogP contribution in [-0.4, -0.2) is 5.54 Å². The average Bonchev–Trinajstić information content (AvgIpc) is 2.02. The average molecular weight is 162 g/mol. The molecule has 0 spiro atoms. The molecule has 0 aromatic rings. The summed E-state index contributed by atoms with van der Waals surface area (Å²) >= 11 is 0. The van der Waals surface area contributed by atoms with E-state index in [2.05, 4.69) is 6.07 Å². The van der Waals surface area contributed by atoms with E-state index in [1.807, 2.05) is 38.2 Å². The molecule has 0 amide bonds. The molecule has 0 bridgehead atoms. The van der Waals surface area contributed by atoms with Crippen molar-refractivity contribution in [2.24, 2.45) is 17.6 Å². The second kappa shape index (κ2) is 3.12. The molecule has 2 heteroatoms. The number of hydrogen-bond donors (Lipinski definition) is 1. The van der Waals surface area contributed by atoms with Gasteiger partial charge in [0.1, 0.15) is 0 Å². The standard InChI is InChI=1S/C10H14N2/c1-8(7-11)9-5-3-4-6-10(9,2)12/h3-6,8-9H,12H2,1-2H3. The third-order valence-electron chi connectivity index (χ3n) is 2.35. The van der Waals surface area contributed by atoms with Gasteiger partial charge in [0.25, 0.3) is 0 Å². The minimum atomic E-state index is -0.371. The van der Waals surface area contributed by atoms with Gasteiger partial charge in [-0.1, -0.05) is 24.3 Å². The van der Waals surface area contributed by atoms with Gasteiger partial charge in [0.2, 0.25) is 0 Å². The number of allylic oxidation sites excluding steroid dienone is 2. The van der Waals surface area contributed by atoms with E-state index in [0.717, 1.165) is 0 Å². The van der Waals surface area contributed by atoms with Gasteiger partial charge in [-0.15, -0.1) is 0 Å². The lowest BCUT2D eigenvalue weighted by atomic mass is 9.76. The van der Waals surface area contributed by atoms with Crippen molar-refractivity contribution in [1.82, 2.24) is 0 Å². The molecule has 0 aromatic carbocycles. The third-order valence-corrected chi connectivity index (χ3v) is 2.35. The predicted molar refractivity (Wildman–Crippen MR) is 49.1 cm³/mol. The second-order valence-corrected chi connectivity index (χ2v) is 3.55. The van der Waals surface area contributed by atoms with E-state index in [0.29, 0.717) is 0 Å². The van der Waals surface area contributed by atoms with Crippen molar-refractivity contribution in [3.05, 3.63) is 24.3 Å². The first-order chi connectivity index (χ1) is 5.58. The molecular formula is C10H14N2. The summed E-state index contributed by atoms with van der Waals surface area (Å²) < 4.78 is 0. The largest absolute Gasteiger partial charge is 0.322 e. The first-order valence-corrected chi connectivity index (χ1v) is 4.12. The van der Waals surface area contributed by atoms with Crippen LogP contribution >= 0.6 is 0 Å². The van der Waals surface area contributed by atoms with Crippen molar-refractivity contribution in [2.75, 3.05) is 0 Å². The second-order valence-electron chi connectivity index (χ2n) is 3.55. The number of hydrogen-bond acceptors (Lipinski definition) is 2. The smallest absolute Gasteiger partial charge is 0.0659 e. The summed E-state index contributed by atoms with van der Waals surface area (Å²) in [6.07, 6.45) is 7.84. The molecule has 0 heterocycles. The van der Waals surface area contributed by atoms with Crippen LogP contribution in [0.3, 0.4) is 0 Å². The highest BCUT2D eigenvalue weighted by Crippen LogP contribution is 2.27. The summed E-state index contributed by atoms with van der Waals surface area (Å²) in [6.45, 7) is 3.85. The maximum Gasteiger partial charge on any atom is 0.0659 e. The Morgan fingerprint density at radius 1 is 1.58 bits per heavy atom. The Morgan fingerprint density at radius 2 is 2.25 bits per heavy atom. The van der Waals surface area contributed by atoms with Gasteiger partial charge in [-0.2, -0.15) is 5.26 Å². The Bertz CT molecular complexity index is 256. The van der Waals surface area contributed by atoms with Crippen LogP contribution in [0.2, 0.25) is 0 Å². The Morgan fingerprint density at radius 3 is 2.75 bits per heavy atom. The van der Waals surface area contributed by atoms with E-state index in [4.69, 9.17) is 11.0 Å². The molecule has 2 N–H and O–H groups in total. The maximum atomic E-state index is 8.76. The summed E-state index contributed by atoms with van der Waals surface area (Å²) in [6, 6.07) is 2.23. The number of rotatable bonds is 1. The molecule has 0 radical (unpaired) electrons. The molecule has 0 fully saturated rings. The van der Waals surface area contributed by atoms with Crippen LogP contribution in [0.1, 0.15) is 13.8 Å². The molecule has 1 rings (SSSR count). The fourth-order valence-electron chi connectivity index (χ4n) is 1.55. The molecule has 0 saturated carbocycles. The van der Waals surface area contributed by atoms with Crippen molar-refractivity contribution in [3.8, 4) is 6.07 Å². The summed E-state index contributed by atoms with van der Waals surface area (Å²) in [5, 5.41) is 8.76. The van der Waals surface area contributed by atoms with Crippen LogP contribution in [0.5, 0.6) is 0 Å². The monoisotopic (exact) mass is 162 g/mol. The van der Waals surface area contributed by atoms with Gasteiger partial charge >= 0.3 is 0 Å². The lowest BCUT2D eigenvalue weighted by Gasteiger charge is -2.32. The summed E-state index contributed by atoms with van der Waals surface area (Å²) in [4.78, 5) is 0. The minimum Gasteiger partial charge on any atom is -0.322 e. The van der Waals surface area contributed by atoms with Gasteiger partial charge in [0, 0.05) is 11.5 Å². The van der Waals surface area contributed by atoms with Gasteiger partial charge in [-0.05, 0) is 13.8 Å². The van der Waals surface area contributed by atoms with Gasteiger partial charge in [0.05, 0.1) is 12.0 Å². The Labute approximate surface area is 73.4 Å². The normalized spacial score (nSPS) is 36.0. The molecule has 3 unspecified atom stereocenters. The molecule has 3 atom stereocenters. The third kappa shape index (κ3) is 1.57. The minimum absolute atomic E-state index is 0.0267. The van der Waals surface area contributed by atoms with Crippen molar-refractivity contribution in [2.45, 2.75) is 19.4 Å². The van der Waals surface area contributed by atoms with E-state index in [9.17, 15) is 0 Å². The lowest BCUT2D eigenvalue weighted by Crippen LogP contribution is -2.44. The molecule has 0 saturated heterocycles. The fraction of sp³-hybridized carbons (Fsp3) is 0.500. The van der Waals surface area contributed by atoms with E-state index in [1.165, 1.54) is 0 Å². The molecule has 1 aliphatic carbocycles. The SMILES string of the molecule is CC(C#N)C1C=CC=CC1(C)N. The summed E-state index contributed by atoms with van der Waals surface area (Å²) in [7, 11) is 0. The molecule has 12 heavy (non-hydrogen) atoms. The van der Waals surface area contributed by atoms with Crippen LogP contribution < -0.4 is 5.73 Å². The number of nitrogens with two attached hydrogens (primary N) is 1. The zero-order chi connectivity index (χ0) is 9.19. The van der Waals surface area contributed by atoms with Crippen molar-refractivity contribution >= 4 is 0 Å². The highest BCUT2D eigenvalue weighted by Gasteiger charge is 2.31. The van der Waals surface area contributed by atoms with Crippen LogP contribution in [0, 0.1) is 23.2 Å². The molecule has 2 nitrogen and oxygen atoms in total. The first kappa shape index (κ1) is 9.02. The Hall–Kier alpha value is -1.07. The van der Waals surface area contributed by atoms with Crippen molar-refractivity contribution in [1.29, 1.82) is 5.26 Å². The van der Waals surface area contributed by atoms with E-state index in [1.54, 1.807) is 0 Å². The summed E-state index contributed by atoms with van der Waals surface area (Å²) in [5.74, 6) is 0.105. The fourth-order valence-corrected chi connectivity index (χ4v) is 1.55. The maximum absolute atomic E-state index is 8.76.